The molecule has 6 nitrogen and oxygen atoms in total. The number of benzene rings is 3. The Labute approximate surface area is 191 Å². The molecular formula is C23H16BrClN2O4. The maximum absolute atomic E-state index is 13.1. The lowest BCUT2D eigenvalue weighted by atomic mass is 10.1. The predicted octanol–water partition coefficient (Wildman–Crippen LogP) is 5.24. The van der Waals surface area contributed by atoms with E-state index < -0.39 is 11.8 Å². The summed E-state index contributed by atoms with van der Waals surface area (Å²) >= 11 is 9.54. The lowest BCUT2D eigenvalue weighted by Crippen LogP contribution is -2.31. The van der Waals surface area contributed by atoms with Gasteiger partial charge in [-0.15, -0.1) is 0 Å². The number of halogens is 2. The van der Waals surface area contributed by atoms with Crippen molar-refractivity contribution in [2.45, 2.75) is 0 Å². The third-order valence-corrected chi connectivity index (χ3v) is 5.46. The van der Waals surface area contributed by atoms with E-state index in [4.69, 9.17) is 21.1 Å². The summed E-state index contributed by atoms with van der Waals surface area (Å²) in [6, 6.07) is 19.0. The van der Waals surface area contributed by atoms with Gasteiger partial charge in [0.15, 0.2) is 11.5 Å². The Morgan fingerprint density at radius 2 is 1.71 bits per heavy atom. The van der Waals surface area contributed by atoms with Gasteiger partial charge >= 0.3 is 0 Å². The van der Waals surface area contributed by atoms with E-state index in [0.717, 1.165) is 0 Å². The number of hydrogen-bond acceptors (Lipinski definition) is 4. The van der Waals surface area contributed by atoms with Crippen molar-refractivity contribution in [3.05, 3.63) is 93.0 Å². The number of rotatable bonds is 5. The molecule has 3 aromatic rings. The third-order valence-electron chi connectivity index (χ3n) is 4.44. The maximum Gasteiger partial charge on any atom is 0.272 e. The molecule has 0 radical (unpaired) electrons. The van der Waals surface area contributed by atoms with Crippen LogP contribution < -0.4 is 20.1 Å². The van der Waals surface area contributed by atoms with E-state index in [9.17, 15) is 9.59 Å². The molecule has 0 unspecified atom stereocenters. The molecule has 2 N–H and O–H groups in total. The fourth-order valence-electron chi connectivity index (χ4n) is 2.92. The van der Waals surface area contributed by atoms with Crippen LogP contribution in [-0.4, -0.2) is 18.6 Å². The van der Waals surface area contributed by atoms with Crippen LogP contribution in [0.4, 0.5) is 5.69 Å². The summed E-state index contributed by atoms with van der Waals surface area (Å²) in [6.45, 7) is 0.140. The SMILES string of the molecule is O=C(Nc1ccccc1Br)/C(=C\c1ccc2c(c1)OCO2)NC(=O)c1ccccc1Cl. The molecule has 156 valence electrons. The molecule has 0 bridgehead atoms. The highest BCUT2D eigenvalue weighted by molar-refractivity contribution is 9.10. The first-order valence-electron chi connectivity index (χ1n) is 9.24. The molecule has 1 aliphatic heterocycles. The Morgan fingerprint density at radius 1 is 0.968 bits per heavy atom. The minimum atomic E-state index is -0.500. The molecule has 31 heavy (non-hydrogen) atoms. The highest BCUT2D eigenvalue weighted by atomic mass is 79.9. The summed E-state index contributed by atoms with van der Waals surface area (Å²) in [5.74, 6) is 0.193. The van der Waals surface area contributed by atoms with Crippen LogP contribution in [0.15, 0.2) is 76.9 Å². The zero-order valence-electron chi connectivity index (χ0n) is 16.0. The molecule has 2 amide bonds. The number of amides is 2. The van der Waals surface area contributed by atoms with Crippen LogP contribution >= 0.6 is 27.5 Å². The number of para-hydroxylation sites is 1. The Hall–Kier alpha value is -3.29. The van der Waals surface area contributed by atoms with Gasteiger partial charge in [0.2, 0.25) is 6.79 Å². The van der Waals surface area contributed by atoms with Gasteiger partial charge in [0.05, 0.1) is 16.3 Å². The van der Waals surface area contributed by atoms with E-state index in [1.54, 1.807) is 66.7 Å². The van der Waals surface area contributed by atoms with Gasteiger partial charge < -0.3 is 20.1 Å². The number of carbonyl (C=O) groups is 2. The molecule has 1 heterocycles. The largest absolute Gasteiger partial charge is 0.454 e. The van der Waals surface area contributed by atoms with Gasteiger partial charge in [0, 0.05) is 4.47 Å². The van der Waals surface area contributed by atoms with Gasteiger partial charge in [0.1, 0.15) is 5.70 Å². The summed E-state index contributed by atoms with van der Waals surface area (Å²) in [6.07, 6.45) is 1.56. The topological polar surface area (TPSA) is 76.7 Å². The monoisotopic (exact) mass is 498 g/mol. The molecule has 3 aromatic carbocycles. The number of fused-ring (bicyclic) bond motifs is 1. The van der Waals surface area contributed by atoms with Crippen LogP contribution in [-0.2, 0) is 4.79 Å². The van der Waals surface area contributed by atoms with E-state index in [-0.39, 0.29) is 23.1 Å². The fourth-order valence-corrected chi connectivity index (χ4v) is 3.52. The average molecular weight is 500 g/mol. The smallest absolute Gasteiger partial charge is 0.272 e. The van der Waals surface area contributed by atoms with Gasteiger partial charge in [-0.25, -0.2) is 0 Å². The maximum atomic E-state index is 13.1. The molecule has 1 aliphatic rings. The van der Waals surface area contributed by atoms with Crippen LogP contribution in [0.2, 0.25) is 5.02 Å². The zero-order chi connectivity index (χ0) is 21.8. The first-order valence-corrected chi connectivity index (χ1v) is 10.4. The molecule has 8 heteroatoms. The fraction of sp³-hybridized carbons (Fsp3) is 0.0435. The molecule has 0 aliphatic carbocycles. The Kier molecular flexibility index (Phi) is 6.25. The lowest BCUT2D eigenvalue weighted by Gasteiger charge is -2.13. The molecule has 0 saturated carbocycles. The van der Waals surface area contributed by atoms with Crippen LogP contribution in [0.5, 0.6) is 11.5 Å². The van der Waals surface area contributed by atoms with E-state index in [0.29, 0.717) is 27.2 Å². The molecule has 4 rings (SSSR count). The van der Waals surface area contributed by atoms with Crippen molar-refractivity contribution in [3.63, 3.8) is 0 Å². The summed E-state index contributed by atoms with van der Waals surface area (Å²) in [7, 11) is 0. The summed E-state index contributed by atoms with van der Waals surface area (Å²) in [5.41, 5.74) is 1.52. The number of carbonyl (C=O) groups excluding carboxylic acids is 2. The number of ether oxygens (including phenoxy) is 2. The van der Waals surface area contributed by atoms with Crippen LogP contribution in [0, 0.1) is 0 Å². The van der Waals surface area contributed by atoms with Crippen molar-refractivity contribution in [1.82, 2.24) is 5.32 Å². The predicted molar refractivity (Wildman–Crippen MR) is 122 cm³/mol. The van der Waals surface area contributed by atoms with Crippen LogP contribution in [0.3, 0.4) is 0 Å². The van der Waals surface area contributed by atoms with E-state index in [1.165, 1.54) is 0 Å². The number of nitrogens with one attached hydrogen (secondary N) is 2. The van der Waals surface area contributed by atoms with Gasteiger partial charge in [-0.1, -0.05) is 41.9 Å². The molecular weight excluding hydrogens is 484 g/mol. The first kappa shape index (κ1) is 21.0. The van der Waals surface area contributed by atoms with E-state index in [2.05, 4.69) is 26.6 Å². The second kappa shape index (κ2) is 9.24. The summed E-state index contributed by atoms with van der Waals surface area (Å²) in [5, 5.41) is 5.75. The minimum absolute atomic E-state index is 0.0412. The summed E-state index contributed by atoms with van der Waals surface area (Å²) < 4.78 is 11.4. The molecule has 0 atom stereocenters. The van der Waals surface area contributed by atoms with Crippen molar-refractivity contribution in [3.8, 4) is 11.5 Å². The first-order chi connectivity index (χ1) is 15.0. The average Bonchev–Trinajstić information content (AvgIpc) is 3.23. The third kappa shape index (κ3) is 4.90. The van der Waals surface area contributed by atoms with Crippen molar-refractivity contribution < 1.29 is 19.1 Å². The highest BCUT2D eigenvalue weighted by Gasteiger charge is 2.19. The highest BCUT2D eigenvalue weighted by Crippen LogP contribution is 2.33. The van der Waals surface area contributed by atoms with E-state index >= 15 is 0 Å². The number of anilines is 1. The second-order valence-corrected chi connectivity index (χ2v) is 7.80. The summed E-state index contributed by atoms with van der Waals surface area (Å²) in [4.78, 5) is 25.9. The second-order valence-electron chi connectivity index (χ2n) is 6.54. The normalized spacial score (nSPS) is 12.4. The molecule has 0 fully saturated rings. The molecule has 0 aromatic heterocycles. The van der Waals surface area contributed by atoms with Crippen molar-refractivity contribution in [1.29, 1.82) is 0 Å². The van der Waals surface area contributed by atoms with Crippen molar-refractivity contribution in [2.24, 2.45) is 0 Å². The quantitative estimate of drug-likeness (QED) is 0.471. The Morgan fingerprint density at radius 3 is 2.52 bits per heavy atom. The standard InChI is InChI=1S/C23H16BrClN2O4/c24-16-6-2-4-8-18(16)26-23(29)19(27-22(28)15-5-1-3-7-17(15)25)11-14-9-10-20-21(12-14)31-13-30-20/h1-12H,13H2,(H,26,29)(H,27,28)/b19-11+. The molecule has 0 saturated heterocycles. The van der Waals surface area contributed by atoms with Gasteiger partial charge in [-0.05, 0) is 64.0 Å². The van der Waals surface area contributed by atoms with Gasteiger partial charge in [-0.2, -0.15) is 0 Å². The Balaban J connectivity index is 1.66. The minimum Gasteiger partial charge on any atom is -0.454 e. The van der Waals surface area contributed by atoms with Crippen molar-refractivity contribution in [2.75, 3.05) is 12.1 Å². The molecule has 0 spiro atoms. The number of hydrogen-bond donors (Lipinski definition) is 2. The van der Waals surface area contributed by atoms with E-state index in [1.807, 2.05) is 6.07 Å². The lowest BCUT2D eigenvalue weighted by molar-refractivity contribution is -0.113. The van der Waals surface area contributed by atoms with Crippen LogP contribution in [0.1, 0.15) is 15.9 Å². The van der Waals surface area contributed by atoms with Crippen LogP contribution in [0.25, 0.3) is 6.08 Å². The zero-order valence-corrected chi connectivity index (χ0v) is 18.4. The van der Waals surface area contributed by atoms with Gasteiger partial charge in [-0.3, -0.25) is 9.59 Å². The Bertz CT molecular complexity index is 1200. The van der Waals surface area contributed by atoms with Crippen molar-refractivity contribution >= 4 is 51.1 Å². The van der Waals surface area contributed by atoms with Gasteiger partial charge in [0.25, 0.3) is 11.8 Å².